The van der Waals surface area contributed by atoms with Crippen molar-refractivity contribution in [1.82, 2.24) is 15.2 Å². The topological polar surface area (TPSA) is 50.7 Å². The minimum absolute atomic E-state index is 0.531. The summed E-state index contributed by atoms with van der Waals surface area (Å²) in [6.45, 7) is 0. The van der Waals surface area contributed by atoms with Crippen LogP contribution in [0.25, 0.3) is 11.0 Å². The van der Waals surface area contributed by atoms with Gasteiger partial charge in [-0.05, 0) is 25.0 Å². The summed E-state index contributed by atoms with van der Waals surface area (Å²) in [6, 6.07) is 8.33. The van der Waals surface area contributed by atoms with Crippen LogP contribution >= 0.6 is 0 Å². The smallest absolute Gasteiger partial charge is 0.243 e. The maximum Gasteiger partial charge on any atom is 0.243 e. The molecule has 1 aliphatic carbocycles. The Kier molecular flexibility index (Phi) is 2.40. The van der Waals surface area contributed by atoms with E-state index in [1.54, 1.807) is 0 Å². The lowest BCUT2D eigenvalue weighted by Crippen LogP contribution is -2.17. The standard InChI is InChI=1S/C12H14N4/c1-2-6-9(5-1)13-12-14-10-7-3-4-8-11(10)15-16-12/h3-4,7-9H,1-2,5-6H2,(H,13,14,16). The second-order valence-electron chi connectivity index (χ2n) is 4.25. The Balaban J connectivity index is 1.86. The molecule has 2 aromatic rings. The quantitative estimate of drug-likeness (QED) is 0.833. The van der Waals surface area contributed by atoms with Crippen molar-refractivity contribution in [2.75, 3.05) is 5.32 Å². The van der Waals surface area contributed by atoms with Gasteiger partial charge in [0.05, 0.1) is 5.52 Å². The van der Waals surface area contributed by atoms with Crippen LogP contribution in [0.15, 0.2) is 24.3 Å². The van der Waals surface area contributed by atoms with Gasteiger partial charge >= 0.3 is 0 Å². The molecule has 1 aliphatic rings. The molecule has 0 amide bonds. The van der Waals surface area contributed by atoms with E-state index < -0.39 is 0 Å². The van der Waals surface area contributed by atoms with Crippen molar-refractivity contribution in [2.24, 2.45) is 0 Å². The zero-order chi connectivity index (χ0) is 10.8. The number of nitrogens with one attached hydrogen (secondary N) is 1. The highest BCUT2D eigenvalue weighted by molar-refractivity contribution is 5.74. The lowest BCUT2D eigenvalue weighted by molar-refractivity contribution is 0.740. The highest BCUT2D eigenvalue weighted by Gasteiger charge is 2.15. The Bertz CT molecular complexity index is 491. The van der Waals surface area contributed by atoms with Gasteiger partial charge in [-0.3, -0.25) is 0 Å². The number of anilines is 1. The fraction of sp³-hybridized carbons (Fsp3) is 0.417. The molecular weight excluding hydrogens is 200 g/mol. The molecule has 16 heavy (non-hydrogen) atoms. The molecule has 0 aliphatic heterocycles. The summed E-state index contributed by atoms with van der Waals surface area (Å²) in [4.78, 5) is 4.45. The number of hydrogen-bond donors (Lipinski definition) is 1. The molecule has 4 heteroatoms. The van der Waals surface area contributed by atoms with Crippen molar-refractivity contribution in [2.45, 2.75) is 31.7 Å². The Morgan fingerprint density at radius 2 is 1.75 bits per heavy atom. The Morgan fingerprint density at radius 3 is 2.56 bits per heavy atom. The molecule has 1 aromatic heterocycles. The van der Waals surface area contributed by atoms with Gasteiger partial charge in [0.15, 0.2) is 0 Å². The minimum atomic E-state index is 0.531. The third-order valence-corrected chi connectivity index (χ3v) is 3.05. The van der Waals surface area contributed by atoms with E-state index in [0.717, 1.165) is 11.0 Å². The van der Waals surface area contributed by atoms with Crippen LogP contribution in [0.4, 0.5) is 5.95 Å². The number of benzene rings is 1. The van der Waals surface area contributed by atoms with Crippen molar-refractivity contribution in [1.29, 1.82) is 0 Å². The van der Waals surface area contributed by atoms with E-state index in [1.807, 2.05) is 24.3 Å². The summed E-state index contributed by atoms with van der Waals surface area (Å²) in [6.07, 6.45) is 5.05. The molecule has 1 aromatic carbocycles. The van der Waals surface area contributed by atoms with Crippen LogP contribution in [0.3, 0.4) is 0 Å². The first-order chi connectivity index (χ1) is 7.92. The average Bonchev–Trinajstić information content (AvgIpc) is 2.82. The summed E-state index contributed by atoms with van der Waals surface area (Å²) in [5, 5.41) is 11.6. The van der Waals surface area contributed by atoms with Gasteiger partial charge in [0.25, 0.3) is 0 Å². The van der Waals surface area contributed by atoms with E-state index in [4.69, 9.17) is 0 Å². The third kappa shape index (κ3) is 1.83. The summed E-state index contributed by atoms with van der Waals surface area (Å²) in [5.74, 6) is 0.658. The fourth-order valence-corrected chi connectivity index (χ4v) is 2.19. The number of aromatic nitrogens is 3. The molecule has 4 nitrogen and oxygen atoms in total. The van der Waals surface area contributed by atoms with Gasteiger partial charge in [0.2, 0.25) is 5.95 Å². The van der Waals surface area contributed by atoms with Crippen LogP contribution in [0, 0.1) is 0 Å². The molecule has 3 rings (SSSR count). The van der Waals surface area contributed by atoms with E-state index in [-0.39, 0.29) is 0 Å². The summed E-state index contributed by atoms with van der Waals surface area (Å²) < 4.78 is 0. The third-order valence-electron chi connectivity index (χ3n) is 3.05. The lowest BCUT2D eigenvalue weighted by Gasteiger charge is -2.10. The van der Waals surface area contributed by atoms with Gasteiger partial charge in [-0.1, -0.05) is 25.0 Å². The molecule has 1 heterocycles. The highest BCUT2D eigenvalue weighted by atomic mass is 15.2. The number of nitrogens with zero attached hydrogens (tertiary/aromatic N) is 3. The summed E-state index contributed by atoms with van der Waals surface area (Å²) in [5.41, 5.74) is 1.75. The first kappa shape index (κ1) is 9.51. The van der Waals surface area contributed by atoms with Crippen molar-refractivity contribution in [3.05, 3.63) is 24.3 Å². The van der Waals surface area contributed by atoms with Crippen molar-refractivity contribution >= 4 is 17.0 Å². The molecule has 82 valence electrons. The van der Waals surface area contributed by atoms with Crippen molar-refractivity contribution in [3.63, 3.8) is 0 Å². The zero-order valence-electron chi connectivity index (χ0n) is 9.06. The average molecular weight is 214 g/mol. The second kappa shape index (κ2) is 4.04. The van der Waals surface area contributed by atoms with E-state index in [2.05, 4.69) is 20.5 Å². The molecule has 0 bridgehead atoms. The van der Waals surface area contributed by atoms with Crippen LogP contribution in [0.1, 0.15) is 25.7 Å². The molecule has 1 saturated carbocycles. The van der Waals surface area contributed by atoms with Crippen molar-refractivity contribution < 1.29 is 0 Å². The lowest BCUT2D eigenvalue weighted by atomic mass is 10.2. The Morgan fingerprint density at radius 1 is 1.00 bits per heavy atom. The maximum absolute atomic E-state index is 4.45. The molecule has 0 unspecified atom stereocenters. The maximum atomic E-state index is 4.45. The van der Waals surface area contributed by atoms with E-state index >= 15 is 0 Å². The van der Waals surface area contributed by atoms with Gasteiger partial charge in [-0.25, -0.2) is 4.98 Å². The Hall–Kier alpha value is -1.71. The predicted octanol–water partition coefficient (Wildman–Crippen LogP) is 2.38. The number of rotatable bonds is 2. The van der Waals surface area contributed by atoms with Gasteiger partial charge in [0, 0.05) is 6.04 Å². The highest BCUT2D eigenvalue weighted by Crippen LogP contribution is 2.20. The molecule has 0 atom stereocenters. The summed E-state index contributed by atoms with van der Waals surface area (Å²) in [7, 11) is 0. The molecule has 0 spiro atoms. The van der Waals surface area contributed by atoms with Gasteiger partial charge in [0.1, 0.15) is 5.52 Å². The molecule has 1 fully saturated rings. The van der Waals surface area contributed by atoms with E-state index in [9.17, 15) is 0 Å². The zero-order valence-corrected chi connectivity index (χ0v) is 9.06. The SMILES string of the molecule is c1ccc2nc(NC3CCCC3)nnc2c1. The largest absolute Gasteiger partial charge is 0.350 e. The van der Waals surface area contributed by atoms with E-state index in [0.29, 0.717) is 12.0 Å². The minimum Gasteiger partial charge on any atom is -0.350 e. The second-order valence-corrected chi connectivity index (χ2v) is 4.25. The normalized spacial score (nSPS) is 16.8. The fourth-order valence-electron chi connectivity index (χ4n) is 2.19. The van der Waals surface area contributed by atoms with Crippen LogP contribution in [-0.2, 0) is 0 Å². The van der Waals surface area contributed by atoms with Crippen molar-refractivity contribution in [3.8, 4) is 0 Å². The first-order valence-electron chi connectivity index (χ1n) is 5.78. The van der Waals surface area contributed by atoms with Gasteiger partial charge in [-0.15, -0.1) is 10.2 Å². The molecule has 1 N–H and O–H groups in total. The molecular formula is C12H14N4. The first-order valence-corrected chi connectivity index (χ1v) is 5.78. The molecule has 0 saturated heterocycles. The van der Waals surface area contributed by atoms with Crippen LogP contribution in [0.2, 0.25) is 0 Å². The number of hydrogen-bond acceptors (Lipinski definition) is 4. The van der Waals surface area contributed by atoms with Crippen LogP contribution < -0.4 is 5.32 Å². The monoisotopic (exact) mass is 214 g/mol. The molecule has 0 radical (unpaired) electrons. The summed E-state index contributed by atoms with van der Waals surface area (Å²) >= 11 is 0. The van der Waals surface area contributed by atoms with Crippen LogP contribution in [-0.4, -0.2) is 21.2 Å². The number of fused-ring (bicyclic) bond motifs is 1. The Labute approximate surface area is 94.1 Å². The van der Waals surface area contributed by atoms with Crippen LogP contribution in [0.5, 0.6) is 0 Å². The van der Waals surface area contributed by atoms with Gasteiger partial charge < -0.3 is 5.32 Å². The van der Waals surface area contributed by atoms with E-state index in [1.165, 1.54) is 25.7 Å². The predicted molar refractivity (Wildman–Crippen MR) is 63.2 cm³/mol. The van der Waals surface area contributed by atoms with Gasteiger partial charge in [-0.2, -0.15) is 0 Å². The number of para-hydroxylation sites is 1.